The minimum absolute atomic E-state index is 0.0218. The topological polar surface area (TPSA) is 50.4 Å². The van der Waals surface area contributed by atoms with Gasteiger partial charge in [-0.25, -0.2) is 0 Å². The Morgan fingerprint density at radius 2 is 2.26 bits per heavy atom. The first-order chi connectivity index (χ1) is 9.11. The van der Waals surface area contributed by atoms with Crippen LogP contribution >= 0.6 is 15.9 Å². The standard InChI is InChI=1S/C14H19BrN2O2/c1-9(11-5-3-4-6-12(11)15)17-14(18)13-7-10(19-2)8-16-13/h3-6,9-10,13,16H,7-8H2,1-2H3,(H,17,18)/t9-,10?,13?/m0/s1. The first-order valence-electron chi connectivity index (χ1n) is 6.42. The molecule has 1 aliphatic heterocycles. The maximum absolute atomic E-state index is 12.2. The highest BCUT2D eigenvalue weighted by atomic mass is 79.9. The lowest BCUT2D eigenvalue weighted by molar-refractivity contribution is -0.123. The second-order valence-electron chi connectivity index (χ2n) is 4.81. The molecule has 2 unspecified atom stereocenters. The molecule has 3 atom stereocenters. The van der Waals surface area contributed by atoms with Gasteiger partial charge in [0.1, 0.15) is 0 Å². The van der Waals surface area contributed by atoms with Gasteiger partial charge in [0.25, 0.3) is 0 Å². The molecule has 1 saturated heterocycles. The number of benzene rings is 1. The molecule has 0 radical (unpaired) electrons. The zero-order valence-electron chi connectivity index (χ0n) is 11.2. The summed E-state index contributed by atoms with van der Waals surface area (Å²) in [4.78, 5) is 12.2. The van der Waals surface area contributed by atoms with E-state index < -0.39 is 0 Å². The van der Waals surface area contributed by atoms with Crippen LogP contribution in [-0.2, 0) is 9.53 Å². The van der Waals surface area contributed by atoms with Crippen LogP contribution in [0.5, 0.6) is 0 Å². The van der Waals surface area contributed by atoms with E-state index in [-0.39, 0.29) is 24.1 Å². The van der Waals surface area contributed by atoms with Gasteiger partial charge in [-0.3, -0.25) is 4.79 Å². The summed E-state index contributed by atoms with van der Waals surface area (Å²) in [6.07, 6.45) is 0.861. The van der Waals surface area contributed by atoms with Crippen LogP contribution in [-0.4, -0.2) is 31.7 Å². The minimum atomic E-state index is -0.158. The molecule has 1 aromatic carbocycles. The van der Waals surface area contributed by atoms with Gasteiger partial charge in [0.05, 0.1) is 18.2 Å². The van der Waals surface area contributed by atoms with Crippen LogP contribution in [0.1, 0.15) is 24.9 Å². The van der Waals surface area contributed by atoms with E-state index in [2.05, 4.69) is 26.6 Å². The maximum atomic E-state index is 12.2. The van der Waals surface area contributed by atoms with E-state index in [1.165, 1.54) is 0 Å². The van der Waals surface area contributed by atoms with Gasteiger partial charge in [0, 0.05) is 18.1 Å². The Morgan fingerprint density at radius 1 is 1.53 bits per heavy atom. The fourth-order valence-corrected chi connectivity index (χ4v) is 2.93. The van der Waals surface area contributed by atoms with Crippen molar-refractivity contribution in [3.63, 3.8) is 0 Å². The number of rotatable bonds is 4. The zero-order chi connectivity index (χ0) is 13.8. The van der Waals surface area contributed by atoms with Crippen molar-refractivity contribution in [2.45, 2.75) is 31.5 Å². The Labute approximate surface area is 122 Å². The lowest BCUT2D eigenvalue weighted by atomic mass is 10.1. The molecule has 19 heavy (non-hydrogen) atoms. The van der Waals surface area contributed by atoms with Gasteiger partial charge < -0.3 is 15.4 Å². The molecular weight excluding hydrogens is 308 g/mol. The molecular formula is C14H19BrN2O2. The van der Waals surface area contributed by atoms with Crippen molar-refractivity contribution in [1.82, 2.24) is 10.6 Å². The number of carbonyl (C=O) groups is 1. The molecule has 104 valence electrons. The Kier molecular flexibility index (Phi) is 4.96. The summed E-state index contributed by atoms with van der Waals surface area (Å²) in [6.45, 7) is 2.72. The second kappa shape index (κ2) is 6.50. The van der Waals surface area contributed by atoms with Crippen molar-refractivity contribution in [2.24, 2.45) is 0 Å². The van der Waals surface area contributed by atoms with Crippen molar-refractivity contribution in [1.29, 1.82) is 0 Å². The Balaban J connectivity index is 1.94. The first-order valence-corrected chi connectivity index (χ1v) is 7.22. The summed E-state index contributed by atoms with van der Waals surface area (Å²) in [6, 6.07) is 7.74. The third-order valence-electron chi connectivity index (χ3n) is 3.47. The van der Waals surface area contributed by atoms with Gasteiger partial charge in [-0.2, -0.15) is 0 Å². The van der Waals surface area contributed by atoms with Gasteiger partial charge in [-0.15, -0.1) is 0 Å². The van der Waals surface area contributed by atoms with Crippen LogP contribution in [0.2, 0.25) is 0 Å². The third kappa shape index (κ3) is 3.55. The van der Waals surface area contributed by atoms with Gasteiger partial charge >= 0.3 is 0 Å². The normalized spacial score (nSPS) is 24.2. The molecule has 1 aromatic rings. The van der Waals surface area contributed by atoms with Gasteiger partial charge in [-0.1, -0.05) is 34.1 Å². The van der Waals surface area contributed by atoms with Crippen molar-refractivity contribution in [3.8, 4) is 0 Å². The predicted octanol–water partition coefficient (Wildman–Crippen LogP) is 2.00. The molecule has 0 spiro atoms. The number of methoxy groups -OCH3 is 1. The fourth-order valence-electron chi connectivity index (χ4n) is 2.30. The Hall–Kier alpha value is -0.910. The number of carbonyl (C=O) groups excluding carboxylic acids is 1. The van der Waals surface area contributed by atoms with Crippen LogP contribution in [0.3, 0.4) is 0 Å². The maximum Gasteiger partial charge on any atom is 0.237 e. The van der Waals surface area contributed by atoms with Gasteiger partial charge in [0.2, 0.25) is 5.91 Å². The SMILES string of the molecule is COC1CNC(C(=O)N[C@@H](C)c2ccccc2Br)C1. The fraction of sp³-hybridized carbons (Fsp3) is 0.500. The highest BCUT2D eigenvalue weighted by Gasteiger charge is 2.30. The van der Waals surface area contributed by atoms with E-state index in [1.807, 2.05) is 31.2 Å². The highest BCUT2D eigenvalue weighted by molar-refractivity contribution is 9.10. The molecule has 1 amide bonds. The molecule has 1 aliphatic rings. The van der Waals surface area contributed by atoms with Crippen molar-refractivity contribution in [2.75, 3.05) is 13.7 Å². The summed E-state index contributed by atoms with van der Waals surface area (Å²) in [5.41, 5.74) is 1.08. The van der Waals surface area contributed by atoms with E-state index in [9.17, 15) is 4.79 Å². The van der Waals surface area contributed by atoms with Crippen LogP contribution in [0.25, 0.3) is 0 Å². The lowest BCUT2D eigenvalue weighted by Crippen LogP contribution is -2.41. The zero-order valence-corrected chi connectivity index (χ0v) is 12.7. The smallest absolute Gasteiger partial charge is 0.237 e. The van der Waals surface area contributed by atoms with E-state index in [0.717, 1.165) is 23.0 Å². The number of halogens is 1. The van der Waals surface area contributed by atoms with E-state index in [4.69, 9.17) is 4.74 Å². The van der Waals surface area contributed by atoms with Crippen molar-refractivity contribution in [3.05, 3.63) is 34.3 Å². The van der Waals surface area contributed by atoms with E-state index >= 15 is 0 Å². The molecule has 2 N–H and O–H groups in total. The molecule has 1 heterocycles. The third-order valence-corrected chi connectivity index (χ3v) is 4.19. The molecule has 4 nitrogen and oxygen atoms in total. The second-order valence-corrected chi connectivity index (χ2v) is 5.66. The van der Waals surface area contributed by atoms with E-state index in [0.29, 0.717) is 0 Å². The van der Waals surface area contributed by atoms with E-state index in [1.54, 1.807) is 7.11 Å². The average Bonchev–Trinajstić information content (AvgIpc) is 2.88. The summed E-state index contributed by atoms with van der Waals surface area (Å²) in [5.74, 6) is 0.0304. The molecule has 0 aliphatic carbocycles. The molecule has 0 saturated carbocycles. The Morgan fingerprint density at radius 3 is 2.89 bits per heavy atom. The number of amides is 1. The summed E-state index contributed by atoms with van der Waals surface area (Å²) >= 11 is 3.50. The molecule has 0 aromatic heterocycles. The monoisotopic (exact) mass is 326 g/mol. The van der Waals surface area contributed by atoms with Crippen LogP contribution in [0.15, 0.2) is 28.7 Å². The van der Waals surface area contributed by atoms with Crippen molar-refractivity contribution < 1.29 is 9.53 Å². The molecule has 0 bridgehead atoms. The summed E-state index contributed by atoms with van der Waals surface area (Å²) in [5, 5.41) is 6.22. The van der Waals surface area contributed by atoms with Crippen LogP contribution in [0, 0.1) is 0 Å². The molecule has 5 heteroatoms. The summed E-state index contributed by atoms with van der Waals surface area (Å²) < 4.78 is 6.26. The lowest BCUT2D eigenvalue weighted by Gasteiger charge is -2.18. The number of hydrogen-bond donors (Lipinski definition) is 2. The summed E-state index contributed by atoms with van der Waals surface area (Å²) in [7, 11) is 1.68. The molecule has 1 fully saturated rings. The van der Waals surface area contributed by atoms with Gasteiger partial charge in [-0.05, 0) is 25.0 Å². The first kappa shape index (κ1) is 14.5. The predicted molar refractivity (Wildman–Crippen MR) is 77.9 cm³/mol. The average molecular weight is 327 g/mol. The van der Waals surface area contributed by atoms with Crippen molar-refractivity contribution >= 4 is 21.8 Å². The largest absolute Gasteiger partial charge is 0.380 e. The van der Waals surface area contributed by atoms with Crippen LogP contribution < -0.4 is 10.6 Å². The quantitative estimate of drug-likeness (QED) is 0.889. The Bertz CT molecular complexity index is 453. The highest BCUT2D eigenvalue weighted by Crippen LogP contribution is 2.23. The van der Waals surface area contributed by atoms with Crippen LogP contribution in [0.4, 0.5) is 0 Å². The van der Waals surface area contributed by atoms with Gasteiger partial charge in [0.15, 0.2) is 0 Å². The number of hydrogen-bond acceptors (Lipinski definition) is 3. The molecule has 2 rings (SSSR count). The number of ether oxygens (including phenoxy) is 1. The number of nitrogens with one attached hydrogen (secondary N) is 2. The minimum Gasteiger partial charge on any atom is -0.380 e.